The molecule has 1 saturated heterocycles. The van der Waals surface area contributed by atoms with Gasteiger partial charge in [0, 0.05) is 24.3 Å². The number of benzene rings is 1. The van der Waals surface area contributed by atoms with Gasteiger partial charge in [0.25, 0.3) is 5.91 Å². The van der Waals surface area contributed by atoms with Gasteiger partial charge in [0.1, 0.15) is 5.54 Å². The van der Waals surface area contributed by atoms with Gasteiger partial charge in [-0.2, -0.15) is 0 Å². The summed E-state index contributed by atoms with van der Waals surface area (Å²) in [5.74, 6) is -1.29. The van der Waals surface area contributed by atoms with E-state index in [1.54, 1.807) is 12.1 Å². The molecule has 0 atom stereocenters. The highest BCUT2D eigenvalue weighted by Crippen LogP contribution is 2.35. The number of hydrogen-bond acceptors (Lipinski definition) is 4. The van der Waals surface area contributed by atoms with E-state index >= 15 is 0 Å². The van der Waals surface area contributed by atoms with Gasteiger partial charge in [-0.3, -0.25) is 4.79 Å². The zero-order valence-electron chi connectivity index (χ0n) is 11.7. The van der Waals surface area contributed by atoms with E-state index in [9.17, 15) is 9.59 Å². The number of carbonyl (C=O) groups is 2. The van der Waals surface area contributed by atoms with E-state index in [4.69, 9.17) is 9.84 Å². The lowest BCUT2D eigenvalue weighted by Crippen LogP contribution is -2.43. The first-order chi connectivity index (χ1) is 10.1. The predicted octanol–water partition coefficient (Wildman–Crippen LogP) is 0.870. The number of nitrogens with zero attached hydrogens (tertiary/aromatic N) is 1. The van der Waals surface area contributed by atoms with Crippen LogP contribution in [0.1, 0.15) is 23.2 Å². The molecular formula is C15H18N2O4. The summed E-state index contributed by atoms with van der Waals surface area (Å²) in [5, 5.41) is 11.7. The van der Waals surface area contributed by atoms with E-state index in [0.717, 1.165) is 18.8 Å². The smallest absolute Gasteiger partial charge is 0.329 e. The van der Waals surface area contributed by atoms with Crippen LogP contribution in [0.2, 0.25) is 0 Å². The number of carbonyl (C=O) groups excluding carboxylic acids is 1. The summed E-state index contributed by atoms with van der Waals surface area (Å²) in [4.78, 5) is 25.4. The van der Waals surface area contributed by atoms with E-state index in [1.165, 1.54) is 0 Å². The Balaban J connectivity index is 1.66. The molecular weight excluding hydrogens is 272 g/mol. The van der Waals surface area contributed by atoms with Gasteiger partial charge in [0.05, 0.1) is 13.2 Å². The molecule has 6 nitrogen and oxygen atoms in total. The van der Waals surface area contributed by atoms with Crippen LogP contribution < -0.4 is 10.2 Å². The normalized spacial score (nSPS) is 19.9. The minimum atomic E-state index is -1.04. The van der Waals surface area contributed by atoms with Crippen molar-refractivity contribution in [2.45, 2.75) is 18.4 Å². The first kappa shape index (κ1) is 13.9. The first-order valence-electron chi connectivity index (χ1n) is 7.09. The summed E-state index contributed by atoms with van der Waals surface area (Å²) in [6.07, 6.45) is 1.000. The van der Waals surface area contributed by atoms with Crippen molar-refractivity contribution in [1.29, 1.82) is 0 Å². The van der Waals surface area contributed by atoms with E-state index in [0.29, 0.717) is 31.6 Å². The van der Waals surface area contributed by atoms with Gasteiger partial charge < -0.3 is 20.1 Å². The van der Waals surface area contributed by atoms with E-state index in [2.05, 4.69) is 10.2 Å². The summed E-state index contributed by atoms with van der Waals surface area (Å²) in [7, 11) is 0. The number of morpholine rings is 1. The maximum atomic E-state index is 12.1. The summed E-state index contributed by atoms with van der Waals surface area (Å²) in [6.45, 7) is 3.11. The van der Waals surface area contributed by atoms with Crippen molar-refractivity contribution < 1.29 is 19.4 Å². The highest BCUT2D eigenvalue weighted by molar-refractivity contribution is 5.99. The lowest BCUT2D eigenvalue weighted by molar-refractivity contribution is -0.140. The van der Waals surface area contributed by atoms with Gasteiger partial charge in [-0.1, -0.05) is 0 Å². The van der Waals surface area contributed by atoms with E-state index in [1.807, 2.05) is 12.1 Å². The van der Waals surface area contributed by atoms with Crippen LogP contribution in [-0.4, -0.2) is 48.8 Å². The molecule has 1 heterocycles. The largest absolute Gasteiger partial charge is 0.480 e. The molecule has 2 aliphatic rings. The SMILES string of the molecule is O=C(NC1(C(=O)O)CC1)c1ccc(N2CCOCC2)cc1. The van der Waals surface area contributed by atoms with Crippen LogP contribution >= 0.6 is 0 Å². The standard InChI is InChI=1S/C15H18N2O4/c18-13(16-15(5-6-15)14(19)20)11-1-3-12(4-2-11)17-7-9-21-10-8-17/h1-4H,5-10H2,(H,16,18)(H,19,20). The molecule has 1 amide bonds. The molecule has 0 aromatic heterocycles. The number of anilines is 1. The molecule has 1 aliphatic carbocycles. The second-order valence-electron chi connectivity index (χ2n) is 5.49. The number of carboxylic acid groups (broad SMARTS) is 1. The number of hydrogen-bond donors (Lipinski definition) is 2. The Morgan fingerprint density at radius 1 is 1.14 bits per heavy atom. The molecule has 6 heteroatoms. The maximum Gasteiger partial charge on any atom is 0.329 e. The van der Waals surface area contributed by atoms with Crippen LogP contribution in [0.5, 0.6) is 0 Å². The van der Waals surface area contributed by atoms with Crippen molar-refractivity contribution in [2.24, 2.45) is 0 Å². The van der Waals surface area contributed by atoms with Gasteiger partial charge in [0.15, 0.2) is 0 Å². The number of rotatable bonds is 4. The van der Waals surface area contributed by atoms with Crippen molar-refractivity contribution in [3.63, 3.8) is 0 Å². The van der Waals surface area contributed by atoms with Crippen molar-refractivity contribution in [3.8, 4) is 0 Å². The summed E-state index contributed by atoms with van der Waals surface area (Å²) < 4.78 is 5.31. The third kappa shape index (κ3) is 2.85. The number of nitrogens with one attached hydrogen (secondary N) is 1. The highest BCUT2D eigenvalue weighted by atomic mass is 16.5. The van der Waals surface area contributed by atoms with Crippen molar-refractivity contribution in [2.75, 3.05) is 31.2 Å². The van der Waals surface area contributed by atoms with Gasteiger partial charge in [-0.25, -0.2) is 4.79 Å². The topological polar surface area (TPSA) is 78.9 Å². The Kier molecular flexibility index (Phi) is 3.55. The summed E-state index contributed by atoms with van der Waals surface area (Å²) >= 11 is 0. The molecule has 1 aromatic rings. The molecule has 0 radical (unpaired) electrons. The van der Waals surface area contributed by atoms with Crippen LogP contribution in [0.3, 0.4) is 0 Å². The Morgan fingerprint density at radius 2 is 1.76 bits per heavy atom. The predicted molar refractivity (Wildman–Crippen MR) is 76.5 cm³/mol. The number of ether oxygens (including phenoxy) is 1. The van der Waals surface area contributed by atoms with Crippen LogP contribution in [0.4, 0.5) is 5.69 Å². The minimum Gasteiger partial charge on any atom is -0.480 e. The molecule has 1 aliphatic heterocycles. The second kappa shape index (κ2) is 5.37. The van der Waals surface area contributed by atoms with E-state index < -0.39 is 11.5 Å². The molecule has 1 saturated carbocycles. The number of aliphatic carboxylic acids is 1. The molecule has 0 spiro atoms. The Labute approximate surface area is 122 Å². The number of amides is 1. The highest BCUT2D eigenvalue weighted by Gasteiger charge is 2.51. The minimum absolute atomic E-state index is 0.330. The Hall–Kier alpha value is -2.08. The van der Waals surface area contributed by atoms with Crippen LogP contribution in [-0.2, 0) is 9.53 Å². The number of carboxylic acids is 1. The summed E-state index contributed by atoms with van der Waals surface area (Å²) in [6, 6.07) is 7.25. The fourth-order valence-corrected chi connectivity index (χ4v) is 2.45. The average Bonchev–Trinajstić information content (AvgIpc) is 3.29. The van der Waals surface area contributed by atoms with Crippen molar-refractivity contribution in [1.82, 2.24) is 5.32 Å². The molecule has 2 N–H and O–H groups in total. The first-order valence-corrected chi connectivity index (χ1v) is 7.09. The third-order valence-corrected chi connectivity index (χ3v) is 4.02. The summed E-state index contributed by atoms with van der Waals surface area (Å²) in [5.41, 5.74) is 0.494. The molecule has 112 valence electrons. The zero-order chi connectivity index (χ0) is 14.9. The Morgan fingerprint density at radius 3 is 2.29 bits per heavy atom. The third-order valence-electron chi connectivity index (χ3n) is 4.02. The molecule has 1 aromatic carbocycles. The van der Waals surface area contributed by atoms with Gasteiger partial charge >= 0.3 is 5.97 Å². The lowest BCUT2D eigenvalue weighted by atomic mass is 10.1. The van der Waals surface area contributed by atoms with Crippen LogP contribution in [0.15, 0.2) is 24.3 Å². The zero-order valence-corrected chi connectivity index (χ0v) is 11.7. The van der Waals surface area contributed by atoms with Crippen LogP contribution in [0.25, 0.3) is 0 Å². The monoisotopic (exact) mass is 290 g/mol. The fraction of sp³-hybridized carbons (Fsp3) is 0.467. The lowest BCUT2D eigenvalue weighted by Gasteiger charge is -2.28. The molecule has 0 unspecified atom stereocenters. The van der Waals surface area contributed by atoms with Crippen molar-refractivity contribution in [3.05, 3.63) is 29.8 Å². The van der Waals surface area contributed by atoms with Gasteiger partial charge in [-0.15, -0.1) is 0 Å². The van der Waals surface area contributed by atoms with Gasteiger partial charge in [0.2, 0.25) is 0 Å². The van der Waals surface area contributed by atoms with Gasteiger partial charge in [-0.05, 0) is 37.1 Å². The molecule has 0 bridgehead atoms. The quantitative estimate of drug-likeness (QED) is 0.860. The van der Waals surface area contributed by atoms with Crippen molar-refractivity contribution >= 4 is 17.6 Å². The Bertz CT molecular complexity index is 545. The second-order valence-corrected chi connectivity index (χ2v) is 5.49. The average molecular weight is 290 g/mol. The van der Waals surface area contributed by atoms with Crippen LogP contribution in [0, 0.1) is 0 Å². The molecule has 2 fully saturated rings. The molecule has 3 rings (SSSR count). The fourth-order valence-electron chi connectivity index (χ4n) is 2.45. The molecule has 21 heavy (non-hydrogen) atoms. The maximum absolute atomic E-state index is 12.1. The van der Waals surface area contributed by atoms with E-state index in [-0.39, 0.29) is 5.91 Å².